The molecule has 2 aromatic rings. The van der Waals surface area contributed by atoms with E-state index in [2.05, 4.69) is 24.1 Å². The molecule has 5 nitrogen and oxygen atoms in total. The number of hydrogen-bond donors (Lipinski definition) is 2. The summed E-state index contributed by atoms with van der Waals surface area (Å²) >= 11 is 0. The molecule has 2 rings (SSSR count). The van der Waals surface area contributed by atoms with Gasteiger partial charge in [0.1, 0.15) is 0 Å². The average Bonchev–Trinajstić information content (AvgIpc) is 2.68. The number of rotatable bonds is 5. The Morgan fingerprint density at radius 3 is 2.94 bits per heavy atom. The molecule has 18 heavy (non-hydrogen) atoms. The minimum Gasteiger partial charge on any atom is -0.408 e. The van der Waals surface area contributed by atoms with E-state index in [0.717, 1.165) is 17.6 Å². The third-order valence-electron chi connectivity index (χ3n) is 3.01. The molecule has 2 N–H and O–H groups in total. The molecule has 0 unspecified atom stereocenters. The van der Waals surface area contributed by atoms with E-state index in [1.54, 1.807) is 7.11 Å². The predicted octanol–water partition coefficient (Wildman–Crippen LogP) is 1.59. The highest BCUT2D eigenvalue weighted by Crippen LogP contribution is 2.25. The Labute approximate surface area is 105 Å². The molecule has 0 radical (unpaired) electrons. The van der Waals surface area contributed by atoms with Crippen LogP contribution in [0.15, 0.2) is 27.4 Å². The van der Waals surface area contributed by atoms with Crippen LogP contribution >= 0.6 is 0 Å². The third kappa shape index (κ3) is 2.63. The summed E-state index contributed by atoms with van der Waals surface area (Å²) in [6.45, 7) is 5.58. The number of H-pyrrole nitrogens is 1. The first kappa shape index (κ1) is 12.9. The number of aromatic nitrogens is 1. The lowest BCUT2D eigenvalue weighted by molar-refractivity contribution is 0.169. The zero-order chi connectivity index (χ0) is 13.2. The van der Waals surface area contributed by atoms with Gasteiger partial charge >= 0.3 is 5.76 Å². The Bertz CT molecular complexity index is 583. The molecule has 0 atom stereocenters. The van der Waals surface area contributed by atoms with Crippen LogP contribution in [0, 0.1) is 0 Å². The van der Waals surface area contributed by atoms with Crippen LogP contribution in [0.25, 0.3) is 11.1 Å². The first-order chi connectivity index (χ1) is 8.53. The maximum atomic E-state index is 11.1. The SMILES string of the molecule is COCNCC(C)(C)c1ccc2oc(=O)[nH]c2c1. The summed E-state index contributed by atoms with van der Waals surface area (Å²) in [6, 6.07) is 5.75. The second-order valence-corrected chi connectivity index (χ2v) is 4.97. The largest absolute Gasteiger partial charge is 0.417 e. The highest BCUT2D eigenvalue weighted by atomic mass is 16.5. The number of ether oxygens (including phenoxy) is 1. The molecule has 1 aromatic carbocycles. The van der Waals surface area contributed by atoms with Crippen LogP contribution in [-0.4, -0.2) is 25.4 Å². The molecule has 0 aliphatic carbocycles. The molecule has 0 aliphatic heterocycles. The van der Waals surface area contributed by atoms with E-state index >= 15 is 0 Å². The standard InChI is InChI=1S/C13H18N2O3/c1-13(2,7-14-8-17-3)9-4-5-11-10(6-9)15-12(16)18-11/h4-6,14H,7-8H2,1-3H3,(H,15,16). The van der Waals surface area contributed by atoms with Crippen molar-refractivity contribution < 1.29 is 9.15 Å². The Kier molecular flexibility index (Phi) is 3.54. The fraction of sp³-hybridized carbons (Fsp3) is 0.462. The fourth-order valence-electron chi connectivity index (χ4n) is 1.94. The number of hydrogen-bond acceptors (Lipinski definition) is 4. The number of nitrogens with one attached hydrogen (secondary N) is 2. The van der Waals surface area contributed by atoms with E-state index in [1.807, 2.05) is 18.2 Å². The number of oxazole rings is 1. The summed E-state index contributed by atoms with van der Waals surface area (Å²) in [5.74, 6) is -0.419. The van der Waals surface area contributed by atoms with Crippen molar-refractivity contribution in [3.63, 3.8) is 0 Å². The molecular formula is C13H18N2O3. The number of fused-ring (bicyclic) bond motifs is 1. The Morgan fingerprint density at radius 1 is 1.44 bits per heavy atom. The summed E-state index contributed by atoms with van der Waals surface area (Å²) < 4.78 is 9.96. The van der Waals surface area contributed by atoms with Gasteiger partial charge in [0.2, 0.25) is 0 Å². The molecular weight excluding hydrogens is 232 g/mol. The van der Waals surface area contributed by atoms with Gasteiger partial charge in [-0.05, 0) is 17.7 Å². The second-order valence-electron chi connectivity index (χ2n) is 4.97. The van der Waals surface area contributed by atoms with Gasteiger partial charge < -0.3 is 9.15 Å². The van der Waals surface area contributed by atoms with E-state index in [-0.39, 0.29) is 5.41 Å². The number of methoxy groups -OCH3 is 1. The first-order valence-corrected chi connectivity index (χ1v) is 5.86. The zero-order valence-electron chi connectivity index (χ0n) is 10.9. The molecule has 0 spiro atoms. The molecule has 0 fully saturated rings. The maximum absolute atomic E-state index is 11.1. The van der Waals surface area contributed by atoms with Crippen LogP contribution in [0.4, 0.5) is 0 Å². The molecule has 5 heteroatoms. The van der Waals surface area contributed by atoms with Gasteiger partial charge in [-0.2, -0.15) is 0 Å². The third-order valence-corrected chi connectivity index (χ3v) is 3.01. The Morgan fingerprint density at radius 2 is 2.22 bits per heavy atom. The zero-order valence-corrected chi connectivity index (χ0v) is 10.9. The van der Waals surface area contributed by atoms with Gasteiger partial charge in [-0.25, -0.2) is 4.79 Å². The van der Waals surface area contributed by atoms with Crippen LogP contribution in [0.2, 0.25) is 0 Å². The summed E-state index contributed by atoms with van der Waals surface area (Å²) in [5.41, 5.74) is 2.40. The van der Waals surface area contributed by atoms with Crippen molar-refractivity contribution in [1.29, 1.82) is 0 Å². The molecule has 0 bridgehead atoms. The van der Waals surface area contributed by atoms with Crippen molar-refractivity contribution >= 4 is 11.1 Å². The van der Waals surface area contributed by atoms with Crippen molar-refractivity contribution in [2.75, 3.05) is 20.4 Å². The van der Waals surface area contributed by atoms with Crippen molar-refractivity contribution in [2.45, 2.75) is 19.3 Å². The highest BCUT2D eigenvalue weighted by molar-refractivity contribution is 5.73. The van der Waals surface area contributed by atoms with Crippen LogP contribution in [0.5, 0.6) is 0 Å². The monoisotopic (exact) mass is 250 g/mol. The molecule has 0 aliphatic rings. The summed E-state index contributed by atoms with van der Waals surface area (Å²) in [5, 5.41) is 3.21. The topological polar surface area (TPSA) is 67.3 Å². The maximum Gasteiger partial charge on any atom is 0.417 e. The van der Waals surface area contributed by atoms with Crippen LogP contribution in [-0.2, 0) is 10.2 Å². The van der Waals surface area contributed by atoms with E-state index in [0.29, 0.717) is 12.3 Å². The lowest BCUT2D eigenvalue weighted by Crippen LogP contribution is -2.33. The van der Waals surface area contributed by atoms with Crippen LogP contribution in [0.3, 0.4) is 0 Å². The van der Waals surface area contributed by atoms with Crippen molar-refractivity contribution in [3.05, 3.63) is 34.3 Å². The lowest BCUT2D eigenvalue weighted by atomic mass is 9.84. The minimum atomic E-state index is -0.419. The molecule has 0 amide bonds. The van der Waals surface area contributed by atoms with E-state index in [1.165, 1.54) is 0 Å². The molecule has 0 saturated carbocycles. The van der Waals surface area contributed by atoms with Gasteiger partial charge in [0.05, 0.1) is 12.2 Å². The lowest BCUT2D eigenvalue weighted by Gasteiger charge is -2.25. The molecule has 98 valence electrons. The minimum absolute atomic E-state index is 0.0547. The van der Waals surface area contributed by atoms with Crippen LogP contribution in [0.1, 0.15) is 19.4 Å². The van der Waals surface area contributed by atoms with Crippen molar-refractivity contribution in [3.8, 4) is 0 Å². The highest BCUT2D eigenvalue weighted by Gasteiger charge is 2.20. The van der Waals surface area contributed by atoms with Gasteiger partial charge in [-0.1, -0.05) is 19.9 Å². The average molecular weight is 250 g/mol. The Balaban J connectivity index is 2.25. The van der Waals surface area contributed by atoms with Gasteiger partial charge in [-0.15, -0.1) is 0 Å². The van der Waals surface area contributed by atoms with Crippen molar-refractivity contribution in [1.82, 2.24) is 10.3 Å². The predicted molar refractivity (Wildman–Crippen MR) is 69.7 cm³/mol. The summed E-state index contributed by atoms with van der Waals surface area (Å²) in [6.07, 6.45) is 0. The van der Waals surface area contributed by atoms with E-state index in [9.17, 15) is 4.79 Å². The second kappa shape index (κ2) is 4.96. The van der Waals surface area contributed by atoms with Gasteiger partial charge in [0.15, 0.2) is 5.58 Å². The normalized spacial score (nSPS) is 12.2. The number of benzene rings is 1. The van der Waals surface area contributed by atoms with Crippen molar-refractivity contribution in [2.24, 2.45) is 0 Å². The Hall–Kier alpha value is -1.59. The van der Waals surface area contributed by atoms with Gasteiger partial charge in [-0.3, -0.25) is 10.3 Å². The summed E-state index contributed by atoms with van der Waals surface area (Å²) in [4.78, 5) is 13.8. The fourth-order valence-corrected chi connectivity index (χ4v) is 1.94. The first-order valence-electron chi connectivity index (χ1n) is 5.86. The molecule has 0 saturated heterocycles. The van der Waals surface area contributed by atoms with Gasteiger partial charge in [0, 0.05) is 19.1 Å². The van der Waals surface area contributed by atoms with Gasteiger partial charge in [0.25, 0.3) is 0 Å². The van der Waals surface area contributed by atoms with E-state index in [4.69, 9.17) is 9.15 Å². The molecule has 1 aromatic heterocycles. The molecule has 1 heterocycles. The number of aromatic amines is 1. The quantitative estimate of drug-likeness (QED) is 0.624. The smallest absolute Gasteiger partial charge is 0.408 e. The van der Waals surface area contributed by atoms with E-state index < -0.39 is 5.76 Å². The summed E-state index contributed by atoms with van der Waals surface area (Å²) in [7, 11) is 1.66. The van der Waals surface area contributed by atoms with Crippen LogP contribution < -0.4 is 11.1 Å².